The maximum absolute atomic E-state index is 12.5. The Morgan fingerprint density at radius 3 is 2.88 bits per heavy atom. The monoisotopic (exact) mass is 326 g/mol. The van der Waals surface area contributed by atoms with Crippen LogP contribution in [0.3, 0.4) is 0 Å². The minimum atomic E-state index is -0.0507. The summed E-state index contributed by atoms with van der Waals surface area (Å²) in [7, 11) is 0. The molecule has 0 spiro atoms. The molecule has 24 heavy (non-hydrogen) atoms. The Hall–Kier alpha value is -1.31. The maximum atomic E-state index is 12.5. The van der Waals surface area contributed by atoms with E-state index in [-0.39, 0.29) is 5.41 Å². The van der Waals surface area contributed by atoms with Crippen LogP contribution in [0.5, 0.6) is 5.75 Å². The molecule has 4 rings (SSSR count). The molecule has 0 aliphatic heterocycles. The molecule has 0 amide bonds. The van der Waals surface area contributed by atoms with Crippen LogP contribution in [0.25, 0.3) is 0 Å². The van der Waals surface area contributed by atoms with E-state index >= 15 is 0 Å². The first-order chi connectivity index (χ1) is 11.5. The molecule has 2 saturated carbocycles. The minimum Gasteiger partial charge on any atom is -0.508 e. The van der Waals surface area contributed by atoms with Gasteiger partial charge in [-0.05, 0) is 79.0 Å². The van der Waals surface area contributed by atoms with E-state index in [0.717, 1.165) is 25.7 Å². The molecule has 0 saturated heterocycles. The highest BCUT2D eigenvalue weighted by Gasteiger charge is 2.55. The van der Waals surface area contributed by atoms with Crippen molar-refractivity contribution in [2.75, 3.05) is 0 Å². The van der Waals surface area contributed by atoms with Crippen molar-refractivity contribution in [3.8, 4) is 5.75 Å². The molecule has 2 nitrogen and oxygen atoms in total. The van der Waals surface area contributed by atoms with E-state index in [1.807, 2.05) is 12.1 Å². The summed E-state index contributed by atoms with van der Waals surface area (Å²) in [5.74, 6) is 3.33. The molecular formula is C22H30O2. The largest absolute Gasteiger partial charge is 0.508 e. The molecule has 1 N–H and O–H groups in total. The van der Waals surface area contributed by atoms with Crippen LogP contribution in [0.1, 0.15) is 88.2 Å². The van der Waals surface area contributed by atoms with Gasteiger partial charge in [0, 0.05) is 11.8 Å². The fourth-order valence-corrected chi connectivity index (χ4v) is 6.21. The number of hydrogen-bond donors (Lipinski definition) is 1. The summed E-state index contributed by atoms with van der Waals surface area (Å²) in [6.45, 7) is 4.50. The summed E-state index contributed by atoms with van der Waals surface area (Å²) in [5, 5.41) is 10.0. The Kier molecular flexibility index (Phi) is 3.97. The number of phenolic OH excluding ortho intramolecular Hbond substituents is 1. The number of aromatic hydroxyl groups is 1. The topological polar surface area (TPSA) is 37.3 Å². The molecule has 0 unspecified atom stereocenters. The number of benzene rings is 1. The van der Waals surface area contributed by atoms with E-state index in [1.165, 1.54) is 36.8 Å². The summed E-state index contributed by atoms with van der Waals surface area (Å²) < 4.78 is 0. The highest BCUT2D eigenvalue weighted by Crippen LogP contribution is 2.61. The first kappa shape index (κ1) is 16.2. The zero-order valence-electron chi connectivity index (χ0n) is 15.1. The van der Waals surface area contributed by atoms with Crippen LogP contribution >= 0.6 is 0 Å². The minimum absolute atomic E-state index is 0.0507. The zero-order chi connectivity index (χ0) is 16.9. The van der Waals surface area contributed by atoms with Crippen molar-refractivity contribution in [3.63, 3.8) is 0 Å². The smallest absolute Gasteiger partial charge is 0.139 e. The molecule has 2 fully saturated rings. The lowest BCUT2D eigenvalue weighted by molar-refractivity contribution is -0.129. The van der Waals surface area contributed by atoms with Gasteiger partial charge in [0.1, 0.15) is 11.5 Å². The second-order valence-electron chi connectivity index (χ2n) is 8.68. The lowest BCUT2D eigenvalue weighted by Crippen LogP contribution is -2.43. The van der Waals surface area contributed by atoms with E-state index < -0.39 is 0 Å². The van der Waals surface area contributed by atoms with Crippen LogP contribution in [-0.2, 0) is 4.79 Å². The third-order valence-corrected chi connectivity index (χ3v) is 7.52. The number of Topliss-reactive ketones (excluding diaryl/α,β-unsaturated/α-hetero) is 1. The second-order valence-corrected chi connectivity index (χ2v) is 8.68. The van der Waals surface area contributed by atoms with Crippen LogP contribution in [-0.4, -0.2) is 10.9 Å². The molecule has 3 aliphatic carbocycles. The summed E-state index contributed by atoms with van der Waals surface area (Å²) in [6, 6.07) is 6.07. The van der Waals surface area contributed by atoms with E-state index in [0.29, 0.717) is 35.2 Å². The van der Waals surface area contributed by atoms with Gasteiger partial charge in [-0.1, -0.05) is 32.8 Å². The quantitative estimate of drug-likeness (QED) is 0.791. The van der Waals surface area contributed by atoms with E-state index in [1.54, 1.807) is 0 Å². The van der Waals surface area contributed by atoms with Crippen molar-refractivity contribution in [2.45, 2.75) is 77.0 Å². The number of rotatable bonds is 3. The molecule has 2 heteroatoms. The van der Waals surface area contributed by atoms with Crippen LogP contribution in [0.2, 0.25) is 0 Å². The van der Waals surface area contributed by atoms with Gasteiger partial charge in [0.2, 0.25) is 0 Å². The first-order valence-corrected chi connectivity index (χ1v) is 9.90. The van der Waals surface area contributed by atoms with Gasteiger partial charge in [0.15, 0.2) is 0 Å². The van der Waals surface area contributed by atoms with E-state index in [4.69, 9.17) is 0 Å². The third-order valence-electron chi connectivity index (χ3n) is 7.52. The number of ketones is 1. The lowest BCUT2D eigenvalue weighted by atomic mass is 9.54. The lowest BCUT2D eigenvalue weighted by Gasteiger charge is -2.50. The number of hydrogen-bond acceptors (Lipinski definition) is 2. The van der Waals surface area contributed by atoms with Gasteiger partial charge >= 0.3 is 0 Å². The van der Waals surface area contributed by atoms with Crippen LogP contribution in [0.4, 0.5) is 0 Å². The molecule has 1 aromatic carbocycles. The van der Waals surface area contributed by atoms with Crippen molar-refractivity contribution in [3.05, 3.63) is 29.3 Å². The van der Waals surface area contributed by atoms with Crippen LogP contribution < -0.4 is 0 Å². The number of carbonyl (C=O) groups is 1. The van der Waals surface area contributed by atoms with Crippen LogP contribution in [0.15, 0.2) is 18.2 Å². The highest BCUT2D eigenvalue weighted by atomic mass is 16.3. The predicted octanol–water partition coefficient (Wildman–Crippen LogP) is 5.55. The van der Waals surface area contributed by atoms with Crippen molar-refractivity contribution in [1.29, 1.82) is 0 Å². The SMILES string of the molecule is CCCC[C@@H]1C[C@@H]2[C@H](CC[C@]3(C)C(=O)CC[C@@H]23)c2ccc(O)cc21. The summed E-state index contributed by atoms with van der Waals surface area (Å²) in [5.41, 5.74) is 2.83. The predicted molar refractivity (Wildman–Crippen MR) is 96.3 cm³/mol. The van der Waals surface area contributed by atoms with E-state index in [9.17, 15) is 9.90 Å². The Morgan fingerprint density at radius 2 is 2.08 bits per heavy atom. The summed E-state index contributed by atoms with van der Waals surface area (Å²) in [4.78, 5) is 12.5. The van der Waals surface area contributed by atoms with Crippen molar-refractivity contribution >= 4 is 5.78 Å². The number of fused-ring (bicyclic) bond motifs is 5. The molecule has 0 bridgehead atoms. The van der Waals surface area contributed by atoms with Crippen LogP contribution in [0, 0.1) is 17.3 Å². The molecule has 0 aromatic heterocycles. The fourth-order valence-electron chi connectivity index (χ4n) is 6.21. The average Bonchev–Trinajstić information content (AvgIpc) is 2.88. The average molecular weight is 326 g/mol. The summed E-state index contributed by atoms with van der Waals surface area (Å²) in [6.07, 6.45) is 8.99. The van der Waals surface area contributed by atoms with Crippen molar-refractivity contribution in [1.82, 2.24) is 0 Å². The normalized spacial score (nSPS) is 37.7. The zero-order valence-corrected chi connectivity index (χ0v) is 15.1. The van der Waals surface area contributed by atoms with Gasteiger partial charge < -0.3 is 5.11 Å². The Bertz CT molecular complexity index is 649. The van der Waals surface area contributed by atoms with Gasteiger partial charge in [0.05, 0.1) is 0 Å². The maximum Gasteiger partial charge on any atom is 0.139 e. The van der Waals surface area contributed by atoms with Crippen molar-refractivity contribution < 1.29 is 9.90 Å². The highest BCUT2D eigenvalue weighted by molar-refractivity contribution is 5.87. The Balaban J connectivity index is 1.72. The Labute approximate surface area is 145 Å². The molecule has 0 heterocycles. The van der Waals surface area contributed by atoms with Crippen molar-refractivity contribution in [2.24, 2.45) is 17.3 Å². The molecule has 130 valence electrons. The van der Waals surface area contributed by atoms with Gasteiger partial charge in [-0.25, -0.2) is 0 Å². The van der Waals surface area contributed by atoms with E-state index in [2.05, 4.69) is 19.9 Å². The summed E-state index contributed by atoms with van der Waals surface area (Å²) >= 11 is 0. The number of carbonyl (C=O) groups excluding carboxylic acids is 1. The Morgan fingerprint density at radius 1 is 1.25 bits per heavy atom. The second kappa shape index (κ2) is 5.89. The van der Waals surface area contributed by atoms with Gasteiger partial charge in [-0.15, -0.1) is 0 Å². The number of phenols is 1. The van der Waals surface area contributed by atoms with Gasteiger partial charge in [-0.3, -0.25) is 4.79 Å². The molecule has 1 aromatic rings. The van der Waals surface area contributed by atoms with Gasteiger partial charge in [-0.2, -0.15) is 0 Å². The number of unbranched alkanes of at least 4 members (excludes halogenated alkanes) is 1. The molecule has 0 radical (unpaired) electrons. The molecular weight excluding hydrogens is 296 g/mol. The third kappa shape index (κ3) is 2.33. The standard InChI is InChI=1S/C22H30O2/c1-3-4-5-14-12-19-17(16-7-6-15(23)13-18(14)16)10-11-22(2)20(19)8-9-21(22)24/h6-7,13-14,17,19-20,23H,3-5,8-12H2,1-2H3/t14-,17-,19-,20+,22+/m1/s1. The first-order valence-electron chi connectivity index (χ1n) is 9.90. The molecule has 3 aliphatic rings. The molecule has 5 atom stereocenters. The van der Waals surface area contributed by atoms with Gasteiger partial charge in [0.25, 0.3) is 0 Å². The fraction of sp³-hybridized carbons (Fsp3) is 0.682.